The fourth-order valence-corrected chi connectivity index (χ4v) is 4.00. The largest absolute Gasteiger partial charge is 0.358 e. The molecule has 1 atom stereocenters. The predicted molar refractivity (Wildman–Crippen MR) is 93.6 cm³/mol. The summed E-state index contributed by atoms with van der Waals surface area (Å²) in [6.07, 6.45) is 1.62. The second-order valence-corrected chi connectivity index (χ2v) is 6.74. The van der Waals surface area contributed by atoms with Gasteiger partial charge in [-0.05, 0) is 28.5 Å². The molecule has 0 saturated heterocycles. The highest BCUT2D eigenvalue weighted by molar-refractivity contribution is 7.16. The summed E-state index contributed by atoms with van der Waals surface area (Å²) in [7, 11) is 0. The normalized spacial score (nSPS) is 12.4. The third kappa shape index (κ3) is 2.49. The Morgan fingerprint density at radius 1 is 0.864 bits per heavy atom. The lowest BCUT2D eigenvalue weighted by molar-refractivity contribution is 0.951. The van der Waals surface area contributed by atoms with Gasteiger partial charge in [0.15, 0.2) is 0 Å². The summed E-state index contributed by atoms with van der Waals surface area (Å²) in [5, 5.41) is 8.82. The summed E-state index contributed by atoms with van der Waals surface area (Å²) in [6.45, 7) is 0. The third-order valence-corrected chi connectivity index (χ3v) is 5.26. The summed E-state index contributed by atoms with van der Waals surface area (Å²) in [5.74, 6) is 0.883. The van der Waals surface area contributed by atoms with Crippen molar-refractivity contribution in [3.05, 3.63) is 76.1 Å². The molecule has 108 valence electrons. The number of hydrogen-bond donors (Lipinski definition) is 1. The Morgan fingerprint density at radius 2 is 1.77 bits per heavy atom. The molecule has 3 aromatic heterocycles. The first-order valence-electron chi connectivity index (χ1n) is 6.95. The molecule has 0 spiro atoms. The van der Waals surface area contributed by atoms with Crippen molar-refractivity contribution in [3.8, 4) is 0 Å². The Hall–Kier alpha value is -2.24. The van der Waals surface area contributed by atoms with Gasteiger partial charge in [0.1, 0.15) is 17.0 Å². The lowest BCUT2D eigenvalue weighted by atomic mass is 10.1. The molecule has 3 nitrogen and oxygen atoms in total. The Kier molecular flexibility index (Phi) is 3.58. The van der Waals surface area contributed by atoms with Crippen LogP contribution in [0.25, 0.3) is 10.2 Å². The minimum Gasteiger partial charge on any atom is -0.358 e. The molecule has 0 aliphatic rings. The van der Waals surface area contributed by atoms with Crippen molar-refractivity contribution in [2.24, 2.45) is 0 Å². The van der Waals surface area contributed by atoms with Crippen molar-refractivity contribution in [1.82, 2.24) is 9.97 Å². The van der Waals surface area contributed by atoms with E-state index >= 15 is 0 Å². The van der Waals surface area contributed by atoms with Crippen LogP contribution >= 0.6 is 22.7 Å². The van der Waals surface area contributed by atoms with E-state index in [2.05, 4.69) is 63.1 Å². The lowest BCUT2D eigenvalue weighted by Crippen LogP contribution is -2.12. The fourth-order valence-electron chi connectivity index (χ4n) is 2.46. The maximum atomic E-state index is 4.44. The smallest absolute Gasteiger partial charge is 0.138 e. The molecular formula is C17H13N3S2. The summed E-state index contributed by atoms with van der Waals surface area (Å²) >= 11 is 3.38. The summed E-state index contributed by atoms with van der Waals surface area (Å²) in [6, 6.07) is 16.9. The second kappa shape index (κ2) is 5.87. The topological polar surface area (TPSA) is 37.8 Å². The van der Waals surface area contributed by atoms with Crippen LogP contribution in [0, 0.1) is 0 Å². The molecule has 1 unspecified atom stereocenters. The van der Waals surface area contributed by atoms with Gasteiger partial charge in [-0.25, -0.2) is 9.97 Å². The van der Waals surface area contributed by atoms with Crippen LogP contribution in [0.2, 0.25) is 0 Å². The Balaban J connectivity index is 1.77. The zero-order chi connectivity index (χ0) is 14.8. The van der Waals surface area contributed by atoms with E-state index in [1.807, 2.05) is 11.4 Å². The molecule has 0 aliphatic heterocycles. The lowest BCUT2D eigenvalue weighted by Gasteiger charge is -2.19. The molecule has 4 aromatic rings. The monoisotopic (exact) mass is 323 g/mol. The van der Waals surface area contributed by atoms with E-state index in [-0.39, 0.29) is 6.04 Å². The highest BCUT2D eigenvalue weighted by Crippen LogP contribution is 2.32. The van der Waals surface area contributed by atoms with Gasteiger partial charge in [0.25, 0.3) is 0 Å². The second-order valence-electron chi connectivity index (χ2n) is 4.87. The fraction of sp³-hybridized carbons (Fsp3) is 0.0588. The van der Waals surface area contributed by atoms with E-state index in [1.165, 1.54) is 10.4 Å². The molecule has 1 aromatic carbocycles. The van der Waals surface area contributed by atoms with Gasteiger partial charge in [-0.2, -0.15) is 0 Å². The standard InChI is InChI=1S/C17H13N3S2/c1-2-5-12(6-3-1)15(14-7-4-9-21-14)20-16-13-8-10-22-17(13)19-11-18-16/h1-11,15H,(H,18,19,20). The highest BCUT2D eigenvalue weighted by atomic mass is 32.1. The van der Waals surface area contributed by atoms with E-state index in [1.54, 1.807) is 29.0 Å². The van der Waals surface area contributed by atoms with Crippen LogP contribution in [0.5, 0.6) is 0 Å². The summed E-state index contributed by atoms with van der Waals surface area (Å²) < 4.78 is 0. The van der Waals surface area contributed by atoms with Gasteiger partial charge >= 0.3 is 0 Å². The Morgan fingerprint density at radius 3 is 2.59 bits per heavy atom. The number of aromatic nitrogens is 2. The van der Waals surface area contributed by atoms with Crippen molar-refractivity contribution in [2.75, 3.05) is 5.32 Å². The quantitative estimate of drug-likeness (QED) is 0.577. The zero-order valence-electron chi connectivity index (χ0n) is 11.6. The number of nitrogens with one attached hydrogen (secondary N) is 1. The van der Waals surface area contributed by atoms with Crippen molar-refractivity contribution < 1.29 is 0 Å². The van der Waals surface area contributed by atoms with Gasteiger partial charge in [0.2, 0.25) is 0 Å². The first-order chi connectivity index (χ1) is 10.9. The Labute approximate surface area is 136 Å². The first kappa shape index (κ1) is 13.4. The molecule has 4 rings (SSSR count). The molecule has 1 N–H and O–H groups in total. The summed E-state index contributed by atoms with van der Waals surface area (Å²) in [5.41, 5.74) is 1.23. The number of fused-ring (bicyclic) bond motifs is 1. The van der Waals surface area contributed by atoms with Crippen molar-refractivity contribution in [1.29, 1.82) is 0 Å². The van der Waals surface area contributed by atoms with Crippen LogP contribution in [0.3, 0.4) is 0 Å². The van der Waals surface area contributed by atoms with Gasteiger partial charge in [-0.3, -0.25) is 0 Å². The third-order valence-electron chi connectivity index (χ3n) is 3.50. The van der Waals surface area contributed by atoms with Gasteiger partial charge in [-0.1, -0.05) is 36.4 Å². The highest BCUT2D eigenvalue weighted by Gasteiger charge is 2.17. The van der Waals surface area contributed by atoms with E-state index in [0.29, 0.717) is 0 Å². The molecule has 5 heteroatoms. The van der Waals surface area contributed by atoms with Crippen LogP contribution in [0.1, 0.15) is 16.5 Å². The number of nitrogens with zero attached hydrogens (tertiary/aromatic N) is 2. The summed E-state index contributed by atoms with van der Waals surface area (Å²) in [4.78, 5) is 11.0. The molecular weight excluding hydrogens is 310 g/mol. The molecule has 0 radical (unpaired) electrons. The molecule has 0 amide bonds. The maximum absolute atomic E-state index is 4.44. The van der Waals surface area contributed by atoms with Crippen molar-refractivity contribution >= 4 is 38.7 Å². The van der Waals surface area contributed by atoms with Gasteiger partial charge in [0, 0.05) is 4.88 Å². The van der Waals surface area contributed by atoms with Crippen LogP contribution in [0.15, 0.2) is 65.6 Å². The van der Waals surface area contributed by atoms with E-state index in [4.69, 9.17) is 0 Å². The molecule has 3 heterocycles. The minimum atomic E-state index is 0.0965. The van der Waals surface area contributed by atoms with Crippen LogP contribution in [-0.2, 0) is 0 Å². The number of hydrogen-bond acceptors (Lipinski definition) is 5. The first-order valence-corrected chi connectivity index (χ1v) is 8.71. The molecule has 0 fully saturated rings. The van der Waals surface area contributed by atoms with E-state index in [0.717, 1.165) is 16.0 Å². The predicted octanol–water partition coefficient (Wildman–Crippen LogP) is 4.95. The van der Waals surface area contributed by atoms with Gasteiger partial charge < -0.3 is 5.32 Å². The minimum absolute atomic E-state index is 0.0965. The molecule has 0 bridgehead atoms. The van der Waals surface area contributed by atoms with Gasteiger partial charge in [-0.15, -0.1) is 22.7 Å². The average molecular weight is 323 g/mol. The van der Waals surface area contributed by atoms with Crippen LogP contribution < -0.4 is 5.32 Å². The SMILES string of the molecule is c1ccc(C(Nc2ncnc3sccc23)c2cccs2)cc1. The number of benzene rings is 1. The maximum Gasteiger partial charge on any atom is 0.138 e. The van der Waals surface area contributed by atoms with Crippen molar-refractivity contribution in [2.45, 2.75) is 6.04 Å². The molecule has 22 heavy (non-hydrogen) atoms. The van der Waals surface area contributed by atoms with Crippen LogP contribution in [0.4, 0.5) is 5.82 Å². The number of rotatable bonds is 4. The average Bonchev–Trinajstić information content (AvgIpc) is 3.25. The molecule has 0 aliphatic carbocycles. The van der Waals surface area contributed by atoms with Crippen molar-refractivity contribution in [3.63, 3.8) is 0 Å². The zero-order valence-corrected chi connectivity index (χ0v) is 13.3. The van der Waals surface area contributed by atoms with Gasteiger partial charge in [0.05, 0.1) is 11.4 Å². The van der Waals surface area contributed by atoms with E-state index < -0.39 is 0 Å². The van der Waals surface area contributed by atoms with E-state index in [9.17, 15) is 0 Å². The number of anilines is 1. The number of thiophene rings is 2. The van der Waals surface area contributed by atoms with Crippen LogP contribution in [-0.4, -0.2) is 9.97 Å². The molecule has 0 saturated carbocycles. The Bertz CT molecular complexity index is 869.